The van der Waals surface area contributed by atoms with Crippen molar-refractivity contribution in [2.24, 2.45) is 5.84 Å². The van der Waals surface area contributed by atoms with E-state index in [1.165, 1.54) is 25.3 Å². The highest BCUT2D eigenvalue weighted by molar-refractivity contribution is 5.39. The summed E-state index contributed by atoms with van der Waals surface area (Å²) >= 11 is 0. The van der Waals surface area contributed by atoms with Crippen LogP contribution in [0.5, 0.6) is 5.75 Å². The van der Waals surface area contributed by atoms with Crippen molar-refractivity contribution in [2.45, 2.75) is 13.0 Å². The van der Waals surface area contributed by atoms with Gasteiger partial charge >= 0.3 is 0 Å². The third-order valence-corrected chi connectivity index (χ3v) is 3.23. The average molecular weight is 278 g/mol. The van der Waals surface area contributed by atoms with Crippen LogP contribution < -0.4 is 16.0 Å². The largest absolute Gasteiger partial charge is 0.497 e. The molecule has 0 saturated carbocycles. The summed E-state index contributed by atoms with van der Waals surface area (Å²) in [7, 11) is 1.47. The number of nitrogens with one attached hydrogen (secondary N) is 1. The van der Waals surface area contributed by atoms with Gasteiger partial charge in [0.2, 0.25) is 0 Å². The molecule has 0 aromatic heterocycles. The van der Waals surface area contributed by atoms with Crippen LogP contribution in [0.4, 0.5) is 8.78 Å². The molecule has 0 spiro atoms. The molecular weight excluding hydrogens is 262 g/mol. The molecule has 0 radical (unpaired) electrons. The second kappa shape index (κ2) is 5.98. The van der Waals surface area contributed by atoms with E-state index in [0.29, 0.717) is 16.9 Å². The van der Waals surface area contributed by atoms with Gasteiger partial charge in [-0.3, -0.25) is 5.84 Å². The zero-order valence-electron chi connectivity index (χ0n) is 11.3. The zero-order valence-corrected chi connectivity index (χ0v) is 11.3. The van der Waals surface area contributed by atoms with E-state index in [0.717, 1.165) is 5.56 Å². The van der Waals surface area contributed by atoms with E-state index in [1.54, 1.807) is 25.1 Å². The number of methoxy groups -OCH3 is 1. The maximum Gasteiger partial charge on any atom is 0.132 e. The SMILES string of the molecule is COc1ccc(C(NN)c2ccc(F)cc2C)c(F)c1. The van der Waals surface area contributed by atoms with Crippen LogP contribution in [0.1, 0.15) is 22.7 Å². The van der Waals surface area contributed by atoms with Crippen molar-refractivity contribution in [3.8, 4) is 5.75 Å². The Labute approximate surface area is 116 Å². The number of hydrazine groups is 1. The third kappa shape index (κ3) is 2.79. The van der Waals surface area contributed by atoms with Gasteiger partial charge in [0.15, 0.2) is 0 Å². The van der Waals surface area contributed by atoms with Crippen molar-refractivity contribution in [3.63, 3.8) is 0 Å². The molecule has 0 fully saturated rings. The van der Waals surface area contributed by atoms with E-state index in [1.807, 2.05) is 0 Å². The summed E-state index contributed by atoms with van der Waals surface area (Å²) in [4.78, 5) is 0. The number of halogens is 2. The zero-order chi connectivity index (χ0) is 14.7. The van der Waals surface area contributed by atoms with Crippen LogP contribution in [0.15, 0.2) is 36.4 Å². The van der Waals surface area contributed by atoms with Gasteiger partial charge in [0, 0.05) is 11.6 Å². The first kappa shape index (κ1) is 14.4. The van der Waals surface area contributed by atoms with Gasteiger partial charge in [-0.05, 0) is 36.2 Å². The Morgan fingerprint density at radius 3 is 2.35 bits per heavy atom. The van der Waals surface area contributed by atoms with Crippen LogP contribution in [-0.4, -0.2) is 7.11 Å². The summed E-state index contributed by atoms with van der Waals surface area (Å²) in [6.45, 7) is 1.75. The number of ether oxygens (including phenoxy) is 1. The molecule has 0 aliphatic heterocycles. The van der Waals surface area contributed by atoms with Crippen LogP contribution >= 0.6 is 0 Å². The van der Waals surface area contributed by atoms with Gasteiger partial charge in [0.1, 0.15) is 17.4 Å². The van der Waals surface area contributed by atoms with Crippen LogP contribution in [0.25, 0.3) is 0 Å². The van der Waals surface area contributed by atoms with Crippen LogP contribution in [0, 0.1) is 18.6 Å². The lowest BCUT2D eigenvalue weighted by molar-refractivity contribution is 0.410. The molecule has 1 atom stereocenters. The quantitative estimate of drug-likeness (QED) is 0.668. The predicted molar refractivity (Wildman–Crippen MR) is 73.3 cm³/mol. The smallest absolute Gasteiger partial charge is 0.132 e. The number of benzene rings is 2. The second-order valence-electron chi connectivity index (χ2n) is 4.49. The lowest BCUT2D eigenvalue weighted by Crippen LogP contribution is -2.30. The highest BCUT2D eigenvalue weighted by Crippen LogP contribution is 2.28. The summed E-state index contributed by atoms with van der Waals surface area (Å²) in [5.41, 5.74) is 4.37. The monoisotopic (exact) mass is 278 g/mol. The first-order chi connectivity index (χ1) is 9.56. The Morgan fingerprint density at radius 1 is 1.10 bits per heavy atom. The fourth-order valence-corrected chi connectivity index (χ4v) is 2.18. The third-order valence-electron chi connectivity index (χ3n) is 3.23. The summed E-state index contributed by atoms with van der Waals surface area (Å²) < 4.78 is 32.2. The fraction of sp³-hybridized carbons (Fsp3) is 0.200. The van der Waals surface area contributed by atoms with Crippen LogP contribution in [0.3, 0.4) is 0 Å². The highest BCUT2D eigenvalue weighted by Gasteiger charge is 2.19. The molecule has 3 N–H and O–H groups in total. The number of hydrogen-bond acceptors (Lipinski definition) is 3. The van der Waals surface area contributed by atoms with Crippen molar-refractivity contribution < 1.29 is 13.5 Å². The molecule has 0 bridgehead atoms. The second-order valence-corrected chi connectivity index (χ2v) is 4.49. The molecule has 2 aromatic carbocycles. The van der Waals surface area contributed by atoms with E-state index in [4.69, 9.17) is 10.6 Å². The number of rotatable bonds is 4. The molecular formula is C15H16F2N2O. The Hall–Kier alpha value is -1.98. The lowest BCUT2D eigenvalue weighted by Gasteiger charge is -2.20. The van der Waals surface area contributed by atoms with Crippen LogP contribution in [-0.2, 0) is 0 Å². The topological polar surface area (TPSA) is 47.3 Å². The fourth-order valence-electron chi connectivity index (χ4n) is 2.18. The normalized spacial score (nSPS) is 12.2. The first-order valence-corrected chi connectivity index (χ1v) is 6.12. The standard InChI is InChI=1S/C15H16F2N2O/c1-9-7-10(16)3-5-12(9)15(19-18)13-6-4-11(20-2)8-14(13)17/h3-8,15,19H,18H2,1-2H3. The lowest BCUT2D eigenvalue weighted by atomic mass is 9.95. The van der Waals surface area contributed by atoms with Crippen molar-refractivity contribution in [1.82, 2.24) is 5.43 Å². The summed E-state index contributed by atoms with van der Waals surface area (Å²) in [5, 5.41) is 0. The molecule has 2 aromatic rings. The molecule has 5 heteroatoms. The van der Waals surface area contributed by atoms with E-state index in [-0.39, 0.29) is 5.82 Å². The molecule has 0 saturated heterocycles. The maximum absolute atomic E-state index is 14.1. The van der Waals surface area contributed by atoms with Gasteiger partial charge in [-0.2, -0.15) is 0 Å². The molecule has 0 aliphatic rings. The Morgan fingerprint density at radius 2 is 1.80 bits per heavy atom. The van der Waals surface area contributed by atoms with Gasteiger partial charge in [-0.15, -0.1) is 0 Å². The number of aryl methyl sites for hydroxylation is 1. The minimum atomic E-state index is -0.554. The average Bonchev–Trinajstić information content (AvgIpc) is 2.43. The van der Waals surface area contributed by atoms with E-state index in [2.05, 4.69) is 5.43 Å². The molecule has 1 unspecified atom stereocenters. The minimum Gasteiger partial charge on any atom is -0.497 e. The predicted octanol–water partition coefficient (Wildman–Crippen LogP) is 2.83. The van der Waals surface area contributed by atoms with Gasteiger partial charge in [-0.25, -0.2) is 14.2 Å². The Balaban J connectivity index is 2.47. The number of hydrogen-bond donors (Lipinski definition) is 2. The van der Waals surface area contributed by atoms with Gasteiger partial charge in [0.05, 0.1) is 13.2 Å². The van der Waals surface area contributed by atoms with Gasteiger partial charge < -0.3 is 4.74 Å². The van der Waals surface area contributed by atoms with Crippen molar-refractivity contribution in [3.05, 3.63) is 64.7 Å². The minimum absolute atomic E-state index is 0.336. The van der Waals surface area contributed by atoms with Gasteiger partial charge in [-0.1, -0.05) is 12.1 Å². The summed E-state index contributed by atoms with van der Waals surface area (Å²) in [5.74, 6) is 5.20. The summed E-state index contributed by atoms with van der Waals surface area (Å²) in [6, 6.07) is 8.30. The van der Waals surface area contributed by atoms with Crippen LogP contribution in [0.2, 0.25) is 0 Å². The molecule has 0 amide bonds. The molecule has 2 rings (SSSR count). The number of nitrogens with two attached hydrogens (primary N) is 1. The highest BCUT2D eigenvalue weighted by atomic mass is 19.1. The first-order valence-electron chi connectivity index (χ1n) is 6.12. The Bertz CT molecular complexity index is 617. The van der Waals surface area contributed by atoms with Crippen molar-refractivity contribution in [1.29, 1.82) is 0 Å². The Kier molecular flexibility index (Phi) is 4.32. The van der Waals surface area contributed by atoms with Crippen molar-refractivity contribution in [2.75, 3.05) is 7.11 Å². The summed E-state index contributed by atoms with van der Waals surface area (Å²) in [6.07, 6.45) is 0. The molecule has 3 nitrogen and oxygen atoms in total. The van der Waals surface area contributed by atoms with E-state index in [9.17, 15) is 8.78 Å². The van der Waals surface area contributed by atoms with E-state index >= 15 is 0 Å². The maximum atomic E-state index is 14.1. The van der Waals surface area contributed by atoms with Crippen molar-refractivity contribution >= 4 is 0 Å². The molecule has 0 heterocycles. The van der Waals surface area contributed by atoms with Gasteiger partial charge in [0.25, 0.3) is 0 Å². The molecule has 20 heavy (non-hydrogen) atoms. The molecule has 0 aliphatic carbocycles. The molecule has 106 valence electrons. The van der Waals surface area contributed by atoms with E-state index < -0.39 is 11.9 Å².